The molecule has 0 saturated heterocycles. The number of amides is 2. The predicted molar refractivity (Wildman–Crippen MR) is 94.0 cm³/mol. The van der Waals surface area contributed by atoms with E-state index in [1.165, 1.54) is 4.90 Å². The average molecular weight is 324 g/mol. The third kappa shape index (κ3) is 2.85. The van der Waals surface area contributed by atoms with Crippen molar-refractivity contribution in [2.45, 2.75) is 20.8 Å². The highest BCUT2D eigenvalue weighted by Crippen LogP contribution is 2.32. The second-order valence-electron chi connectivity index (χ2n) is 6.15. The van der Waals surface area contributed by atoms with Crippen molar-refractivity contribution >= 4 is 23.2 Å². The third-order valence-corrected chi connectivity index (χ3v) is 4.22. The molecule has 0 aromatic heterocycles. The zero-order valence-corrected chi connectivity index (χ0v) is 14.3. The smallest absolute Gasteiger partial charge is 0.264 e. The van der Waals surface area contributed by atoms with Crippen LogP contribution in [-0.4, -0.2) is 25.5 Å². The van der Waals surface area contributed by atoms with Gasteiger partial charge in [0.05, 0.1) is 5.69 Å². The molecule has 5 nitrogen and oxygen atoms in total. The summed E-state index contributed by atoms with van der Waals surface area (Å²) in [6.07, 6.45) is 0. The van der Waals surface area contributed by atoms with Crippen LogP contribution in [0.2, 0.25) is 0 Å². The van der Waals surface area contributed by atoms with Crippen LogP contribution in [0.5, 0.6) is 5.75 Å². The van der Waals surface area contributed by atoms with Crippen molar-refractivity contribution < 1.29 is 14.3 Å². The third-order valence-electron chi connectivity index (χ3n) is 4.22. The molecule has 0 aliphatic carbocycles. The van der Waals surface area contributed by atoms with Gasteiger partial charge in [-0.05, 0) is 50.1 Å². The molecule has 2 aromatic rings. The molecule has 5 heteroatoms. The molecule has 124 valence electrons. The molecule has 3 rings (SSSR count). The van der Waals surface area contributed by atoms with Gasteiger partial charge in [-0.25, -0.2) is 0 Å². The number of likely N-dealkylation sites (N-methyl/N-ethyl adjacent to an activating group) is 1. The van der Waals surface area contributed by atoms with Gasteiger partial charge in [0.25, 0.3) is 11.8 Å². The van der Waals surface area contributed by atoms with Gasteiger partial charge in [0.1, 0.15) is 5.75 Å². The molecule has 0 fully saturated rings. The van der Waals surface area contributed by atoms with E-state index in [0.717, 1.165) is 22.4 Å². The number of carbonyl (C=O) groups excluding carboxylic acids is 2. The molecular weight excluding hydrogens is 304 g/mol. The number of nitrogens with zero attached hydrogens (tertiary/aromatic N) is 1. The SMILES string of the molecule is Cc1cc(C)c(NC(=O)c2ccc3c(c2)N(C)C(=O)CO3)c(C)c1. The van der Waals surface area contributed by atoms with E-state index in [-0.39, 0.29) is 18.4 Å². The monoisotopic (exact) mass is 324 g/mol. The molecule has 1 aliphatic heterocycles. The quantitative estimate of drug-likeness (QED) is 0.923. The van der Waals surface area contributed by atoms with Crippen LogP contribution in [0, 0.1) is 20.8 Å². The Morgan fingerprint density at radius 2 is 1.79 bits per heavy atom. The first-order valence-electron chi connectivity index (χ1n) is 7.79. The number of aryl methyl sites for hydroxylation is 3. The van der Waals surface area contributed by atoms with Gasteiger partial charge in [-0.1, -0.05) is 17.7 Å². The van der Waals surface area contributed by atoms with Crippen molar-refractivity contribution in [2.75, 3.05) is 23.9 Å². The molecule has 2 aromatic carbocycles. The van der Waals surface area contributed by atoms with E-state index in [4.69, 9.17) is 4.74 Å². The number of fused-ring (bicyclic) bond motifs is 1. The Morgan fingerprint density at radius 1 is 1.12 bits per heavy atom. The highest BCUT2D eigenvalue weighted by molar-refractivity contribution is 6.07. The fourth-order valence-electron chi connectivity index (χ4n) is 2.98. The minimum absolute atomic E-state index is 0.0246. The number of rotatable bonds is 2. The van der Waals surface area contributed by atoms with E-state index in [2.05, 4.69) is 5.32 Å². The lowest BCUT2D eigenvalue weighted by Gasteiger charge is -2.26. The number of benzene rings is 2. The topological polar surface area (TPSA) is 58.6 Å². The van der Waals surface area contributed by atoms with Gasteiger partial charge in [0.2, 0.25) is 0 Å². The fourth-order valence-corrected chi connectivity index (χ4v) is 2.98. The maximum absolute atomic E-state index is 12.6. The fraction of sp³-hybridized carbons (Fsp3) is 0.263. The lowest BCUT2D eigenvalue weighted by atomic mass is 10.0. The molecule has 0 unspecified atom stereocenters. The van der Waals surface area contributed by atoms with Crippen LogP contribution in [-0.2, 0) is 4.79 Å². The van der Waals surface area contributed by atoms with E-state index < -0.39 is 0 Å². The second kappa shape index (κ2) is 6.00. The highest BCUT2D eigenvalue weighted by atomic mass is 16.5. The van der Waals surface area contributed by atoms with E-state index in [0.29, 0.717) is 17.0 Å². The summed E-state index contributed by atoms with van der Waals surface area (Å²) in [6, 6.07) is 9.19. The van der Waals surface area contributed by atoms with Crippen molar-refractivity contribution in [2.24, 2.45) is 0 Å². The summed E-state index contributed by atoms with van der Waals surface area (Å²) in [5, 5.41) is 2.97. The summed E-state index contributed by atoms with van der Waals surface area (Å²) in [5.41, 5.74) is 5.12. The summed E-state index contributed by atoms with van der Waals surface area (Å²) >= 11 is 0. The summed E-state index contributed by atoms with van der Waals surface area (Å²) < 4.78 is 5.39. The lowest BCUT2D eigenvalue weighted by molar-refractivity contribution is -0.120. The summed E-state index contributed by atoms with van der Waals surface area (Å²) in [7, 11) is 1.68. The van der Waals surface area contributed by atoms with E-state index in [9.17, 15) is 9.59 Å². The maximum Gasteiger partial charge on any atom is 0.264 e. The normalized spacial score (nSPS) is 13.3. The maximum atomic E-state index is 12.6. The summed E-state index contributed by atoms with van der Waals surface area (Å²) in [5.74, 6) is 0.265. The first-order chi connectivity index (χ1) is 11.4. The average Bonchev–Trinajstić information content (AvgIpc) is 2.54. The number of anilines is 2. The molecule has 1 N–H and O–H groups in total. The van der Waals surface area contributed by atoms with Crippen molar-refractivity contribution in [1.29, 1.82) is 0 Å². The molecule has 1 heterocycles. The summed E-state index contributed by atoms with van der Waals surface area (Å²) in [4.78, 5) is 25.9. The molecule has 0 saturated carbocycles. The minimum Gasteiger partial charge on any atom is -0.482 e. The molecule has 0 bridgehead atoms. The molecule has 2 amide bonds. The van der Waals surface area contributed by atoms with Crippen LogP contribution in [0.1, 0.15) is 27.0 Å². The van der Waals surface area contributed by atoms with Crippen LogP contribution in [0.4, 0.5) is 11.4 Å². The van der Waals surface area contributed by atoms with E-state index in [1.807, 2.05) is 32.9 Å². The van der Waals surface area contributed by atoms with Crippen LogP contribution < -0.4 is 15.0 Å². The number of hydrogen-bond donors (Lipinski definition) is 1. The Hall–Kier alpha value is -2.82. The number of ether oxygens (including phenoxy) is 1. The first-order valence-corrected chi connectivity index (χ1v) is 7.79. The van der Waals surface area contributed by atoms with Gasteiger partial charge in [0, 0.05) is 18.3 Å². The van der Waals surface area contributed by atoms with Gasteiger partial charge in [-0.3, -0.25) is 9.59 Å². The van der Waals surface area contributed by atoms with Crippen LogP contribution in [0.15, 0.2) is 30.3 Å². The van der Waals surface area contributed by atoms with E-state index in [1.54, 1.807) is 25.2 Å². The lowest BCUT2D eigenvalue weighted by Crippen LogP contribution is -2.35. The Bertz CT molecular complexity index is 819. The molecule has 0 atom stereocenters. The number of hydrogen-bond acceptors (Lipinski definition) is 3. The summed E-state index contributed by atoms with van der Waals surface area (Å²) in [6.45, 7) is 6.00. The van der Waals surface area contributed by atoms with Crippen molar-refractivity contribution in [3.63, 3.8) is 0 Å². The predicted octanol–water partition coefficient (Wildman–Crippen LogP) is 3.22. The highest BCUT2D eigenvalue weighted by Gasteiger charge is 2.23. The van der Waals surface area contributed by atoms with Crippen molar-refractivity contribution in [3.8, 4) is 5.75 Å². The molecule has 24 heavy (non-hydrogen) atoms. The van der Waals surface area contributed by atoms with Gasteiger partial charge in [-0.2, -0.15) is 0 Å². The van der Waals surface area contributed by atoms with Gasteiger partial charge in [-0.15, -0.1) is 0 Å². The zero-order valence-electron chi connectivity index (χ0n) is 14.3. The Kier molecular flexibility index (Phi) is 4.01. The molecule has 0 spiro atoms. The van der Waals surface area contributed by atoms with Crippen LogP contribution in [0.3, 0.4) is 0 Å². The largest absolute Gasteiger partial charge is 0.482 e. The van der Waals surface area contributed by atoms with Crippen molar-refractivity contribution in [3.05, 3.63) is 52.6 Å². The second-order valence-corrected chi connectivity index (χ2v) is 6.15. The van der Waals surface area contributed by atoms with Crippen LogP contribution in [0.25, 0.3) is 0 Å². The number of nitrogens with one attached hydrogen (secondary N) is 1. The minimum atomic E-state index is -0.209. The Morgan fingerprint density at radius 3 is 2.46 bits per heavy atom. The van der Waals surface area contributed by atoms with Crippen LogP contribution >= 0.6 is 0 Å². The van der Waals surface area contributed by atoms with Gasteiger partial charge in [0.15, 0.2) is 6.61 Å². The molecule has 1 aliphatic rings. The molecular formula is C19H20N2O3. The zero-order chi connectivity index (χ0) is 17.4. The van der Waals surface area contributed by atoms with Gasteiger partial charge < -0.3 is 15.0 Å². The van der Waals surface area contributed by atoms with Crippen molar-refractivity contribution in [1.82, 2.24) is 0 Å². The van der Waals surface area contributed by atoms with Gasteiger partial charge >= 0.3 is 0 Å². The first kappa shape index (κ1) is 16.1. The van der Waals surface area contributed by atoms with E-state index >= 15 is 0 Å². The Balaban J connectivity index is 1.91. The number of carbonyl (C=O) groups is 2. The standard InChI is InChI=1S/C19H20N2O3/c1-11-7-12(2)18(13(3)8-11)20-19(23)14-5-6-16-15(9-14)21(4)17(22)10-24-16/h5-9H,10H2,1-4H3,(H,20,23). The Labute approximate surface area is 141 Å². The molecule has 0 radical (unpaired) electrons.